The Morgan fingerprint density at radius 1 is 0.500 bits per heavy atom. The number of carbonyl (C=O) groups excluding carboxylic acids is 2. The number of rotatable bonds is 44. The number of phosphoric acid groups is 1. The van der Waals surface area contributed by atoms with E-state index in [-0.39, 0.29) is 26.1 Å². The highest BCUT2D eigenvalue weighted by Gasteiger charge is 2.21. The largest absolute Gasteiger partial charge is 0.756 e. The first-order valence-corrected chi connectivity index (χ1v) is 26.4. The molecule has 366 valence electrons. The molecule has 0 spiro atoms. The van der Waals surface area contributed by atoms with E-state index in [0.29, 0.717) is 23.9 Å². The Bertz CT molecular complexity index is 1400. The molecule has 0 aromatic rings. The van der Waals surface area contributed by atoms with Gasteiger partial charge in [0.05, 0.1) is 27.7 Å². The summed E-state index contributed by atoms with van der Waals surface area (Å²) in [6.45, 7) is 4.05. The van der Waals surface area contributed by atoms with Crippen molar-refractivity contribution in [3.8, 4) is 0 Å². The van der Waals surface area contributed by atoms with Gasteiger partial charge in [0.2, 0.25) is 0 Å². The Hall–Kier alpha value is -3.07. The maximum absolute atomic E-state index is 12.7. The second kappa shape index (κ2) is 45.1. The summed E-state index contributed by atoms with van der Waals surface area (Å²) in [5.41, 5.74) is 0. The van der Waals surface area contributed by atoms with E-state index in [0.717, 1.165) is 109 Å². The van der Waals surface area contributed by atoms with Crippen LogP contribution in [0, 0.1) is 0 Å². The number of unbranched alkanes of at least 4 members (excludes halogenated alkanes) is 14. The van der Waals surface area contributed by atoms with Gasteiger partial charge in [0, 0.05) is 12.8 Å². The second-order valence-corrected chi connectivity index (χ2v) is 18.9. The molecule has 0 aromatic heterocycles. The monoisotopic (exact) mass is 914 g/mol. The molecule has 0 radical (unpaired) electrons. The first-order chi connectivity index (χ1) is 31.0. The first-order valence-electron chi connectivity index (χ1n) is 24.9. The minimum Gasteiger partial charge on any atom is -0.756 e. The number of nitrogens with zero attached hydrogens (tertiary/aromatic N) is 1. The van der Waals surface area contributed by atoms with Crippen LogP contribution < -0.4 is 4.89 Å². The van der Waals surface area contributed by atoms with Crippen molar-refractivity contribution in [1.29, 1.82) is 0 Å². The maximum atomic E-state index is 12.7. The molecular weight excluding hydrogens is 822 g/mol. The van der Waals surface area contributed by atoms with Crippen LogP contribution in [0.25, 0.3) is 0 Å². The third-order valence-corrected chi connectivity index (χ3v) is 11.1. The molecule has 0 bridgehead atoms. The van der Waals surface area contributed by atoms with Crippen molar-refractivity contribution < 1.29 is 42.1 Å². The summed E-state index contributed by atoms with van der Waals surface area (Å²) >= 11 is 0. The third-order valence-electron chi connectivity index (χ3n) is 10.1. The van der Waals surface area contributed by atoms with Gasteiger partial charge in [-0.3, -0.25) is 14.2 Å². The molecule has 0 N–H and O–H groups in total. The normalized spacial score (nSPS) is 14.3. The van der Waals surface area contributed by atoms with E-state index in [4.69, 9.17) is 18.5 Å². The van der Waals surface area contributed by atoms with E-state index in [9.17, 15) is 19.0 Å². The molecule has 0 heterocycles. The average Bonchev–Trinajstić information content (AvgIpc) is 3.25. The molecule has 64 heavy (non-hydrogen) atoms. The summed E-state index contributed by atoms with van der Waals surface area (Å²) < 4.78 is 33.9. The van der Waals surface area contributed by atoms with Crippen LogP contribution in [-0.4, -0.2) is 70.0 Å². The lowest BCUT2D eigenvalue weighted by atomic mass is 10.1. The molecular formula is C54H92NO8P. The van der Waals surface area contributed by atoms with E-state index >= 15 is 0 Å². The van der Waals surface area contributed by atoms with Crippen molar-refractivity contribution in [2.45, 2.75) is 187 Å². The number of hydrogen-bond donors (Lipinski definition) is 0. The van der Waals surface area contributed by atoms with Crippen LogP contribution in [0.4, 0.5) is 0 Å². The highest BCUT2D eigenvalue weighted by Crippen LogP contribution is 2.38. The van der Waals surface area contributed by atoms with Gasteiger partial charge < -0.3 is 27.9 Å². The lowest BCUT2D eigenvalue weighted by Crippen LogP contribution is -2.37. The fourth-order valence-corrected chi connectivity index (χ4v) is 6.94. The first kappa shape index (κ1) is 60.9. The smallest absolute Gasteiger partial charge is 0.306 e. The van der Waals surface area contributed by atoms with Crippen molar-refractivity contribution in [2.75, 3.05) is 47.5 Å². The summed E-state index contributed by atoms with van der Waals surface area (Å²) in [7, 11) is 1.13. The number of quaternary nitrogens is 1. The summed E-state index contributed by atoms with van der Waals surface area (Å²) in [6.07, 6.45) is 60.1. The van der Waals surface area contributed by atoms with Crippen LogP contribution in [0.5, 0.6) is 0 Å². The summed E-state index contributed by atoms with van der Waals surface area (Å²) in [4.78, 5) is 37.6. The van der Waals surface area contributed by atoms with Gasteiger partial charge in [-0.05, 0) is 96.3 Å². The van der Waals surface area contributed by atoms with Gasteiger partial charge >= 0.3 is 11.9 Å². The van der Waals surface area contributed by atoms with Gasteiger partial charge in [-0.25, -0.2) is 0 Å². The van der Waals surface area contributed by atoms with Crippen molar-refractivity contribution in [3.63, 3.8) is 0 Å². The number of allylic oxidation sites excluding steroid dienone is 16. The number of likely N-dealkylation sites (N-methyl/N-ethyl adjacent to an activating group) is 1. The molecule has 0 fully saturated rings. The quantitative estimate of drug-likeness (QED) is 0.0195. The molecule has 10 heteroatoms. The predicted octanol–water partition coefficient (Wildman–Crippen LogP) is 14.3. The van der Waals surface area contributed by atoms with E-state index < -0.39 is 32.5 Å². The van der Waals surface area contributed by atoms with E-state index in [1.54, 1.807) is 0 Å². The average molecular weight is 914 g/mol. The van der Waals surface area contributed by atoms with E-state index in [1.165, 1.54) is 32.1 Å². The predicted molar refractivity (Wildman–Crippen MR) is 268 cm³/mol. The highest BCUT2D eigenvalue weighted by atomic mass is 31.2. The Morgan fingerprint density at radius 2 is 0.891 bits per heavy atom. The molecule has 0 rings (SSSR count). The maximum Gasteiger partial charge on any atom is 0.306 e. The fourth-order valence-electron chi connectivity index (χ4n) is 6.22. The molecule has 2 unspecified atom stereocenters. The van der Waals surface area contributed by atoms with Gasteiger partial charge in [-0.2, -0.15) is 0 Å². The lowest BCUT2D eigenvalue weighted by Gasteiger charge is -2.28. The highest BCUT2D eigenvalue weighted by molar-refractivity contribution is 7.45. The van der Waals surface area contributed by atoms with Crippen LogP contribution in [0.15, 0.2) is 97.2 Å². The van der Waals surface area contributed by atoms with Gasteiger partial charge in [-0.15, -0.1) is 0 Å². The minimum atomic E-state index is -4.64. The van der Waals surface area contributed by atoms with Crippen LogP contribution in [-0.2, 0) is 32.7 Å². The molecule has 0 aromatic carbocycles. The molecule has 0 aliphatic heterocycles. The minimum absolute atomic E-state index is 0.0415. The molecule has 0 aliphatic carbocycles. The van der Waals surface area contributed by atoms with Crippen molar-refractivity contribution in [3.05, 3.63) is 97.2 Å². The van der Waals surface area contributed by atoms with Gasteiger partial charge in [0.25, 0.3) is 7.82 Å². The van der Waals surface area contributed by atoms with E-state index in [1.807, 2.05) is 21.1 Å². The number of phosphoric ester groups is 1. The van der Waals surface area contributed by atoms with Gasteiger partial charge in [-0.1, -0.05) is 169 Å². The van der Waals surface area contributed by atoms with Crippen LogP contribution in [0.1, 0.15) is 181 Å². The number of hydrogen-bond acceptors (Lipinski definition) is 8. The molecule has 0 saturated carbocycles. The Kier molecular flexibility index (Phi) is 42.9. The van der Waals surface area contributed by atoms with Gasteiger partial charge in [0.1, 0.15) is 19.8 Å². The van der Waals surface area contributed by atoms with Crippen molar-refractivity contribution in [2.24, 2.45) is 0 Å². The number of esters is 2. The molecule has 2 atom stereocenters. The van der Waals surface area contributed by atoms with E-state index in [2.05, 4.69) is 111 Å². The summed E-state index contributed by atoms with van der Waals surface area (Å²) in [6, 6.07) is 0. The Morgan fingerprint density at radius 3 is 1.34 bits per heavy atom. The summed E-state index contributed by atoms with van der Waals surface area (Å²) in [5.74, 6) is -0.875. The summed E-state index contributed by atoms with van der Waals surface area (Å²) in [5, 5.41) is 0. The van der Waals surface area contributed by atoms with Crippen molar-refractivity contribution >= 4 is 19.8 Å². The van der Waals surface area contributed by atoms with Crippen LogP contribution in [0.2, 0.25) is 0 Å². The number of ether oxygens (including phenoxy) is 2. The SMILES string of the molecule is CC/C=C\C/C=C\C/C=C\C/C=C\C/C=C\C/C=C\C/C=C\CCCCCCCC(=O)OC(COC(=O)CCCCCCC/C=C\CCCCCC)COP(=O)([O-])OCC[N+](C)(C)C. The Balaban J connectivity index is 4.32. The second-order valence-electron chi connectivity index (χ2n) is 17.4. The third kappa shape index (κ3) is 48.4. The molecule has 0 aliphatic rings. The zero-order chi connectivity index (χ0) is 47.1. The Labute approximate surface area is 392 Å². The lowest BCUT2D eigenvalue weighted by molar-refractivity contribution is -0.870. The van der Waals surface area contributed by atoms with Gasteiger partial charge in [0.15, 0.2) is 6.10 Å². The standard InChI is InChI=1S/C54H92NO8P/c1-6-8-10-12-14-16-18-20-21-22-23-24-25-26-27-28-29-30-31-32-33-35-37-39-41-43-45-47-54(57)63-52(51-62-64(58,59)61-49-48-55(3,4)5)50-60-53(56)46-44-42-40-38-36-34-19-17-15-13-11-9-7-2/h8,10,14,16-17,19-21,23-24,26-27,29-30,32-33,52H,6-7,9,11-13,15,18,22,25,28,31,34-51H2,1-5H3/b10-8-,16-14-,19-17-,21-20-,24-23-,27-26-,30-29-,33-32-. The number of carbonyl (C=O) groups is 2. The molecule has 0 saturated heterocycles. The van der Waals surface area contributed by atoms with Crippen molar-refractivity contribution in [1.82, 2.24) is 0 Å². The zero-order valence-corrected chi connectivity index (χ0v) is 42.1. The molecule has 0 amide bonds. The topological polar surface area (TPSA) is 111 Å². The zero-order valence-electron chi connectivity index (χ0n) is 41.2. The fraction of sp³-hybridized carbons (Fsp3) is 0.667. The van der Waals surface area contributed by atoms with Crippen LogP contribution >= 0.6 is 7.82 Å². The van der Waals surface area contributed by atoms with Crippen LogP contribution in [0.3, 0.4) is 0 Å². The molecule has 9 nitrogen and oxygen atoms in total.